The highest BCUT2D eigenvalue weighted by Gasteiger charge is 2.47. The van der Waals surface area contributed by atoms with Crippen LogP contribution in [-0.4, -0.2) is 29.3 Å². The summed E-state index contributed by atoms with van der Waals surface area (Å²) in [7, 11) is 0. The number of ketones is 1. The van der Waals surface area contributed by atoms with E-state index < -0.39 is 0 Å². The highest BCUT2D eigenvalue weighted by Crippen LogP contribution is 2.46. The Morgan fingerprint density at radius 1 is 1.33 bits per heavy atom. The highest BCUT2D eigenvalue weighted by molar-refractivity contribution is 7.21. The number of carbonyl (C=O) groups excluding carboxylic acids is 1. The minimum atomic E-state index is -0.193. The third-order valence-corrected chi connectivity index (χ3v) is 7.69. The third-order valence-electron chi connectivity index (χ3n) is 6.38. The number of thiophene rings is 1. The van der Waals surface area contributed by atoms with Gasteiger partial charge in [0.1, 0.15) is 5.82 Å². The van der Waals surface area contributed by atoms with Crippen LogP contribution in [0.3, 0.4) is 0 Å². The molecule has 1 atom stereocenters. The normalized spacial score (nSPS) is 28.4. The van der Waals surface area contributed by atoms with Crippen LogP contribution in [0.25, 0.3) is 10.1 Å². The molecule has 1 aromatic carbocycles. The molecule has 0 unspecified atom stereocenters. The van der Waals surface area contributed by atoms with Gasteiger partial charge in [-0.05, 0) is 76.1 Å². The van der Waals surface area contributed by atoms with Crippen LogP contribution in [0.5, 0.6) is 0 Å². The molecule has 24 heavy (non-hydrogen) atoms. The number of hydrogen-bond donors (Lipinski definition) is 0. The van der Waals surface area contributed by atoms with E-state index in [1.54, 1.807) is 13.0 Å². The molecule has 0 spiro atoms. The first-order valence-electron chi connectivity index (χ1n) is 8.85. The maximum atomic E-state index is 13.8. The van der Waals surface area contributed by atoms with Gasteiger partial charge >= 0.3 is 0 Å². The molecule has 4 heteroatoms. The lowest BCUT2D eigenvalue weighted by atomic mass is 9.65. The number of Topliss-reactive ketones (excluding diaryl/α,β-unsaturated/α-hetero) is 1. The summed E-state index contributed by atoms with van der Waals surface area (Å²) in [6, 6.07) is 5.22. The Morgan fingerprint density at radius 3 is 2.71 bits per heavy atom. The fourth-order valence-corrected chi connectivity index (χ4v) is 5.86. The molecule has 0 radical (unpaired) electrons. The largest absolute Gasteiger partial charge is 0.298 e. The number of fused-ring (bicyclic) bond motifs is 4. The van der Waals surface area contributed by atoms with Crippen molar-refractivity contribution < 1.29 is 9.18 Å². The number of nitrogens with zero attached hydrogens (tertiary/aromatic N) is 1. The lowest BCUT2D eigenvalue weighted by molar-refractivity contribution is -0.0643. The second kappa shape index (κ2) is 5.63. The summed E-state index contributed by atoms with van der Waals surface area (Å²) in [6.07, 6.45) is 3.05. The van der Waals surface area contributed by atoms with Gasteiger partial charge in [0.05, 0.1) is 4.88 Å². The van der Waals surface area contributed by atoms with Gasteiger partial charge in [0.15, 0.2) is 5.78 Å². The van der Waals surface area contributed by atoms with Crippen molar-refractivity contribution in [2.45, 2.75) is 45.6 Å². The van der Waals surface area contributed by atoms with Gasteiger partial charge in [-0.1, -0.05) is 6.07 Å². The van der Waals surface area contributed by atoms with Crippen LogP contribution < -0.4 is 0 Å². The van der Waals surface area contributed by atoms with Crippen molar-refractivity contribution in [3.63, 3.8) is 0 Å². The van der Waals surface area contributed by atoms with Gasteiger partial charge in [0, 0.05) is 22.2 Å². The first-order valence-corrected chi connectivity index (χ1v) is 9.66. The predicted molar refractivity (Wildman–Crippen MR) is 97.3 cm³/mol. The smallest absolute Gasteiger partial charge is 0.173 e. The molecule has 4 heterocycles. The quantitative estimate of drug-likeness (QED) is 0.726. The fraction of sp³-hybridized carbons (Fsp3) is 0.550. The zero-order chi connectivity index (χ0) is 17.1. The van der Waals surface area contributed by atoms with E-state index in [0.717, 1.165) is 15.0 Å². The van der Waals surface area contributed by atoms with Crippen molar-refractivity contribution in [3.8, 4) is 0 Å². The van der Waals surface area contributed by atoms with E-state index in [-0.39, 0.29) is 17.1 Å². The van der Waals surface area contributed by atoms with Crippen molar-refractivity contribution in [3.05, 3.63) is 34.5 Å². The molecule has 5 rings (SSSR count). The summed E-state index contributed by atoms with van der Waals surface area (Å²) in [4.78, 5) is 16.3. The van der Waals surface area contributed by atoms with Crippen LogP contribution in [0.1, 0.15) is 48.3 Å². The average molecular weight is 345 g/mol. The van der Waals surface area contributed by atoms with Crippen LogP contribution >= 0.6 is 11.3 Å². The molecule has 128 valence electrons. The molecular formula is C20H24FNOS. The molecular weight excluding hydrogens is 321 g/mol. The predicted octanol–water partition coefficient (Wildman–Crippen LogP) is 5.04. The first kappa shape index (κ1) is 16.2. The Morgan fingerprint density at radius 2 is 2.04 bits per heavy atom. The Kier molecular flexibility index (Phi) is 3.81. The van der Waals surface area contributed by atoms with Crippen molar-refractivity contribution in [2.75, 3.05) is 13.1 Å². The standard InChI is InChI=1S/C20H24FNOS/c1-12-16(21)5-4-14-10-18(24-19(12)14)17(23)11-15-13-6-8-22(9-7-13)20(15,2)3/h4-5,10,13,15H,6-9,11H2,1-3H3/t15-/m1/s1. The summed E-state index contributed by atoms with van der Waals surface area (Å²) in [5, 5.41) is 0.982. The van der Waals surface area contributed by atoms with E-state index in [1.807, 2.05) is 6.07 Å². The third kappa shape index (κ3) is 2.42. The number of carbonyl (C=O) groups is 1. The summed E-state index contributed by atoms with van der Waals surface area (Å²) in [5.74, 6) is 1.13. The topological polar surface area (TPSA) is 20.3 Å². The molecule has 0 N–H and O–H groups in total. The molecule has 0 aliphatic carbocycles. The molecule has 0 amide bonds. The molecule has 2 bridgehead atoms. The number of halogens is 1. The van der Waals surface area contributed by atoms with E-state index in [2.05, 4.69) is 18.7 Å². The Bertz CT molecular complexity index is 801. The Balaban J connectivity index is 1.61. The van der Waals surface area contributed by atoms with Crippen LogP contribution in [-0.2, 0) is 0 Å². The minimum absolute atomic E-state index is 0.107. The Hall–Kier alpha value is -1.26. The van der Waals surface area contributed by atoms with E-state index >= 15 is 0 Å². The number of benzene rings is 1. The molecule has 3 aliphatic rings. The van der Waals surface area contributed by atoms with Crippen LogP contribution in [0.15, 0.2) is 18.2 Å². The summed E-state index contributed by atoms with van der Waals surface area (Å²) in [5.41, 5.74) is 0.759. The average Bonchev–Trinajstić information content (AvgIpc) is 3.00. The molecule has 2 aromatic rings. The lowest BCUT2D eigenvalue weighted by Gasteiger charge is -2.56. The van der Waals surface area contributed by atoms with Gasteiger partial charge in [-0.3, -0.25) is 9.69 Å². The van der Waals surface area contributed by atoms with E-state index in [4.69, 9.17) is 0 Å². The number of hydrogen-bond acceptors (Lipinski definition) is 3. The number of piperidine rings is 3. The molecule has 1 aromatic heterocycles. The second-order valence-electron chi connectivity index (χ2n) is 7.91. The number of rotatable bonds is 3. The van der Waals surface area contributed by atoms with Crippen LogP contribution in [0.2, 0.25) is 0 Å². The first-order chi connectivity index (χ1) is 11.4. The molecule has 3 saturated heterocycles. The maximum absolute atomic E-state index is 13.8. The lowest BCUT2D eigenvalue weighted by Crippen LogP contribution is -2.61. The molecule has 3 fully saturated rings. The second-order valence-corrected chi connectivity index (χ2v) is 8.97. The molecule has 3 aliphatic heterocycles. The van der Waals surface area contributed by atoms with Gasteiger partial charge in [0.2, 0.25) is 0 Å². The summed E-state index contributed by atoms with van der Waals surface area (Å²) < 4.78 is 14.7. The van der Waals surface area contributed by atoms with Gasteiger partial charge in [-0.2, -0.15) is 0 Å². The van der Waals surface area contributed by atoms with E-state index in [9.17, 15) is 9.18 Å². The summed E-state index contributed by atoms with van der Waals surface area (Å²) in [6.45, 7) is 8.72. The van der Waals surface area contributed by atoms with Crippen LogP contribution in [0, 0.1) is 24.6 Å². The van der Waals surface area contributed by atoms with Crippen molar-refractivity contribution in [1.29, 1.82) is 0 Å². The fourth-order valence-electron chi connectivity index (χ4n) is 4.76. The van der Waals surface area contributed by atoms with Gasteiger partial charge in [0.25, 0.3) is 0 Å². The van der Waals surface area contributed by atoms with Gasteiger partial charge in [-0.25, -0.2) is 4.39 Å². The maximum Gasteiger partial charge on any atom is 0.173 e. The van der Waals surface area contributed by atoms with Crippen molar-refractivity contribution >= 4 is 27.2 Å². The van der Waals surface area contributed by atoms with E-state index in [1.165, 1.54) is 43.3 Å². The monoisotopic (exact) mass is 345 g/mol. The van der Waals surface area contributed by atoms with Crippen molar-refractivity contribution in [2.24, 2.45) is 11.8 Å². The zero-order valence-electron chi connectivity index (χ0n) is 14.6. The highest BCUT2D eigenvalue weighted by atomic mass is 32.1. The van der Waals surface area contributed by atoms with Crippen LogP contribution in [0.4, 0.5) is 4.39 Å². The van der Waals surface area contributed by atoms with Crippen molar-refractivity contribution in [1.82, 2.24) is 4.90 Å². The van der Waals surface area contributed by atoms with Gasteiger partial charge in [-0.15, -0.1) is 11.3 Å². The number of aryl methyl sites for hydroxylation is 1. The molecule has 2 nitrogen and oxygen atoms in total. The Labute approximate surface area is 146 Å². The SMILES string of the molecule is Cc1c(F)ccc2cc(C(=O)C[C@@H]3C4CCN(CC4)C3(C)C)sc12. The summed E-state index contributed by atoms with van der Waals surface area (Å²) >= 11 is 1.45. The van der Waals surface area contributed by atoms with E-state index in [0.29, 0.717) is 23.8 Å². The van der Waals surface area contributed by atoms with Gasteiger partial charge < -0.3 is 0 Å². The minimum Gasteiger partial charge on any atom is -0.298 e. The molecule has 0 saturated carbocycles. The zero-order valence-corrected chi connectivity index (χ0v) is 15.4.